The normalized spacial score (nSPS) is 18.1. The summed E-state index contributed by atoms with van der Waals surface area (Å²) in [5.74, 6) is -0.316. The van der Waals surface area contributed by atoms with Gasteiger partial charge in [-0.2, -0.15) is 0 Å². The highest BCUT2D eigenvalue weighted by Crippen LogP contribution is 2.34. The van der Waals surface area contributed by atoms with Crippen molar-refractivity contribution < 1.29 is 9.59 Å². The molecule has 1 aliphatic heterocycles. The number of hydrogen-bond donors (Lipinski definition) is 0. The monoisotopic (exact) mass is 443 g/mol. The summed E-state index contributed by atoms with van der Waals surface area (Å²) in [6, 6.07) is 14.6. The highest BCUT2D eigenvalue weighted by Gasteiger charge is 2.40. The zero-order valence-corrected chi connectivity index (χ0v) is 15.1. The van der Waals surface area contributed by atoms with Crippen LogP contribution in [0.25, 0.3) is 0 Å². The molecule has 2 aromatic carbocycles. The fourth-order valence-electron chi connectivity index (χ4n) is 2.23. The van der Waals surface area contributed by atoms with Crippen LogP contribution in [0.15, 0.2) is 53.4 Å². The van der Waals surface area contributed by atoms with E-state index in [1.165, 1.54) is 16.7 Å². The number of carbonyl (C=O) groups excluding carboxylic acids is 2. The first-order chi connectivity index (χ1) is 10.5. The summed E-state index contributed by atoms with van der Waals surface area (Å²) in [6.45, 7) is 0. The standard InChI is InChI=1S/C16H11ClINO2S/c17-10-1-7-13(8-2-10)22-14-9-15(20)19(16(14)21)12-5-3-11(18)4-6-12/h1-8,14H,9H2. The van der Waals surface area contributed by atoms with Crippen molar-refractivity contribution in [1.82, 2.24) is 0 Å². The number of rotatable bonds is 3. The van der Waals surface area contributed by atoms with Crippen LogP contribution in [0.2, 0.25) is 5.02 Å². The molecule has 0 bridgehead atoms. The van der Waals surface area contributed by atoms with Crippen LogP contribution >= 0.6 is 46.0 Å². The van der Waals surface area contributed by atoms with Crippen molar-refractivity contribution in [2.24, 2.45) is 0 Å². The molecule has 0 N–H and O–H groups in total. The van der Waals surface area contributed by atoms with Gasteiger partial charge in [0.2, 0.25) is 11.8 Å². The molecule has 3 nitrogen and oxygen atoms in total. The first-order valence-corrected chi connectivity index (χ1v) is 8.93. The van der Waals surface area contributed by atoms with E-state index in [-0.39, 0.29) is 23.5 Å². The lowest BCUT2D eigenvalue weighted by atomic mass is 10.3. The number of benzene rings is 2. The number of thioether (sulfide) groups is 1. The third-order valence-electron chi connectivity index (χ3n) is 3.28. The van der Waals surface area contributed by atoms with Crippen LogP contribution in [0.4, 0.5) is 5.69 Å². The Morgan fingerprint density at radius 3 is 2.32 bits per heavy atom. The Kier molecular flexibility index (Phi) is 4.75. The second-order valence-electron chi connectivity index (χ2n) is 4.81. The third kappa shape index (κ3) is 3.31. The minimum Gasteiger partial charge on any atom is -0.274 e. The minimum absolute atomic E-state index is 0.155. The molecule has 0 spiro atoms. The summed E-state index contributed by atoms with van der Waals surface area (Å²) in [5.41, 5.74) is 0.634. The van der Waals surface area contributed by atoms with Crippen LogP contribution in [-0.4, -0.2) is 17.1 Å². The quantitative estimate of drug-likeness (QED) is 0.522. The van der Waals surface area contributed by atoms with E-state index in [1.807, 2.05) is 24.3 Å². The van der Waals surface area contributed by atoms with Gasteiger partial charge in [0.05, 0.1) is 10.9 Å². The molecule has 1 atom stereocenters. The summed E-state index contributed by atoms with van der Waals surface area (Å²) in [7, 11) is 0. The molecule has 2 amide bonds. The van der Waals surface area contributed by atoms with Crippen molar-refractivity contribution in [2.75, 3.05) is 4.90 Å². The van der Waals surface area contributed by atoms with Crippen LogP contribution < -0.4 is 4.90 Å². The second-order valence-corrected chi connectivity index (χ2v) is 7.77. The summed E-state index contributed by atoms with van der Waals surface area (Å²) in [4.78, 5) is 26.9. The maximum Gasteiger partial charge on any atom is 0.247 e. The first-order valence-electron chi connectivity index (χ1n) is 6.59. The molecular weight excluding hydrogens is 433 g/mol. The first kappa shape index (κ1) is 15.8. The molecule has 1 heterocycles. The number of imide groups is 1. The van der Waals surface area contributed by atoms with E-state index in [0.717, 1.165) is 8.47 Å². The Morgan fingerprint density at radius 1 is 1.05 bits per heavy atom. The molecule has 0 aliphatic carbocycles. The summed E-state index contributed by atoms with van der Waals surface area (Å²) >= 11 is 9.45. The molecule has 0 radical (unpaired) electrons. The summed E-state index contributed by atoms with van der Waals surface area (Å²) in [5, 5.41) is 0.270. The van der Waals surface area contributed by atoms with Gasteiger partial charge in [0, 0.05) is 19.9 Å². The van der Waals surface area contributed by atoms with Gasteiger partial charge >= 0.3 is 0 Å². The Hall–Kier alpha value is -1.05. The van der Waals surface area contributed by atoms with E-state index in [9.17, 15) is 9.59 Å². The van der Waals surface area contributed by atoms with Gasteiger partial charge < -0.3 is 0 Å². The van der Waals surface area contributed by atoms with Crippen molar-refractivity contribution in [3.63, 3.8) is 0 Å². The Bertz CT molecular complexity index is 718. The second kappa shape index (κ2) is 6.60. The molecule has 3 rings (SSSR count). The lowest BCUT2D eigenvalue weighted by molar-refractivity contribution is -0.121. The largest absolute Gasteiger partial charge is 0.274 e. The van der Waals surface area contributed by atoms with E-state index in [0.29, 0.717) is 10.7 Å². The highest BCUT2D eigenvalue weighted by molar-refractivity contribution is 14.1. The van der Waals surface area contributed by atoms with Gasteiger partial charge in [-0.1, -0.05) is 11.6 Å². The van der Waals surface area contributed by atoms with Crippen molar-refractivity contribution in [3.05, 3.63) is 57.1 Å². The van der Waals surface area contributed by atoms with Gasteiger partial charge in [-0.15, -0.1) is 11.8 Å². The maximum atomic E-state index is 12.5. The van der Waals surface area contributed by atoms with Crippen LogP contribution in [0.3, 0.4) is 0 Å². The van der Waals surface area contributed by atoms with Gasteiger partial charge in [0.25, 0.3) is 0 Å². The molecular formula is C16H11ClINO2S. The Balaban J connectivity index is 1.79. The Labute approximate surface area is 151 Å². The molecule has 6 heteroatoms. The summed E-state index contributed by atoms with van der Waals surface area (Å²) in [6.07, 6.45) is 0.220. The van der Waals surface area contributed by atoms with Crippen LogP contribution in [-0.2, 0) is 9.59 Å². The topological polar surface area (TPSA) is 37.4 Å². The molecule has 112 valence electrons. The average molecular weight is 444 g/mol. The Morgan fingerprint density at radius 2 is 1.68 bits per heavy atom. The molecule has 1 fully saturated rings. The molecule has 2 aromatic rings. The maximum absolute atomic E-state index is 12.5. The predicted octanol–water partition coefficient (Wildman–Crippen LogP) is 4.37. The van der Waals surface area contributed by atoms with Crippen LogP contribution in [0.5, 0.6) is 0 Å². The van der Waals surface area contributed by atoms with E-state index in [4.69, 9.17) is 11.6 Å². The van der Waals surface area contributed by atoms with Gasteiger partial charge in [0.15, 0.2) is 0 Å². The highest BCUT2D eigenvalue weighted by atomic mass is 127. The van der Waals surface area contributed by atoms with Crippen LogP contribution in [0, 0.1) is 3.57 Å². The van der Waals surface area contributed by atoms with Gasteiger partial charge in [-0.05, 0) is 71.1 Å². The van der Waals surface area contributed by atoms with E-state index < -0.39 is 0 Å². The number of halogens is 2. The van der Waals surface area contributed by atoms with E-state index in [2.05, 4.69) is 22.6 Å². The number of carbonyl (C=O) groups is 2. The number of hydrogen-bond acceptors (Lipinski definition) is 3. The van der Waals surface area contributed by atoms with E-state index in [1.54, 1.807) is 24.3 Å². The van der Waals surface area contributed by atoms with Gasteiger partial charge in [0.1, 0.15) is 0 Å². The molecule has 22 heavy (non-hydrogen) atoms. The van der Waals surface area contributed by atoms with E-state index >= 15 is 0 Å². The lowest BCUT2D eigenvalue weighted by Gasteiger charge is -2.15. The number of anilines is 1. The fourth-order valence-corrected chi connectivity index (χ4v) is 3.77. The van der Waals surface area contributed by atoms with Gasteiger partial charge in [-0.25, -0.2) is 4.90 Å². The minimum atomic E-state index is -0.382. The van der Waals surface area contributed by atoms with Gasteiger partial charge in [-0.3, -0.25) is 9.59 Å². The van der Waals surface area contributed by atoms with Crippen molar-refractivity contribution >= 4 is 63.5 Å². The molecule has 0 aromatic heterocycles. The number of amides is 2. The third-order valence-corrected chi connectivity index (χ3v) is 5.45. The van der Waals surface area contributed by atoms with Crippen molar-refractivity contribution in [3.8, 4) is 0 Å². The zero-order valence-electron chi connectivity index (χ0n) is 11.3. The van der Waals surface area contributed by atoms with Crippen LogP contribution in [0.1, 0.15) is 6.42 Å². The van der Waals surface area contributed by atoms with Crippen molar-refractivity contribution in [1.29, 1.82) is 0 Å². The molecule has 1 saturated heterocycles. The fraction of sp³-hybridized carbons (Fsp3) is 0.125. The zero-order chi connectivity index (χ0) is 15.7. The predicted molar refractivity (Wildman–Crippen MR) is 97.4 cm³/mol. The molecule has 0 saturated carbocycles. The number of nitrogens with zero attached hydrogens (tertiary/aromatic N) is 1. The summed E-state index contributed by atoms with van der Waals surface area (Å²) < 4.78 is 1.06. The van der Waals surface area contributed by atoms with Crippen molar-refractivity contribution in [2.45, 2.75) is 16.6 Å². The average Bonchev–Trinajstić information content (AvgIpc) is 2.77. The molecule has 1 aliphatic rings. The lowest BCUT2D eigenvalue weighted by Crippen LogP contribution is -2.31. The smallest absolute Gasteiger partial charge is 0.247 e. The molecule has 1 unspecified atom stereocenters. The SMILES string of the molecule is O=C1CC(Sc2ccc(Cl)cc2)C(=O)N1c1ccc(I)cc1.